The SMILES string of the molecule is CCS(=O)(=O)c1ccc(Oc2cc([N+](N)=O)[c]cc2F)cn1. The molecule has 0 aliphatic rings. The van der Waals surface area contributed by atoms with Gasteiger partial charge in [0.25, 0.3) is 0 Å². The number of rotatable bonds is 5. The van der Waals surface area contributed by atoms with Gasteiger partial charge >= 0.3 is 5.69 Å². The second kappa shape index (κ2) is 6.06. The molecule has 0 fully saturated rings. The first-order valence-electron chi connectivity index (χ1n) is 6.13. The number of pyridine rings is 1. The number of nitrogens with zero attached hydrogens (tertiary/aromatic N) is 2. The van der Waals surface area contributed by atoms with Crippen molar-refractivity contribution >= 4 is 15.5 Å². The summed E-state index contributed by atoms with van der Waals surface area (Å²) >= 11 is 0. The van der Waals surface area contributed by atoms with Crippen molar-refractivity contribution in [1.29, 1.82) is 0 Å². The average molecular weight is 325 g/mol. The minimum absolute atomic E-state index is 0.0153. The molecule has 0 saturated heterocycles. The highest BCUT2D eigenvalue weighted by Gasteiger charge is 2.16. The first-order valence-corrected chi connectivity index (χ1v) is 7.78. The Morgan fingerprint density at radius 1 is 1.45 bits per heavy atom. The van der Waals surface area contributed by atoms with Gasteiger partial charge in [0.05, 0.1) is 29.0 Å². The van der Waals surface area contributed by atoms with Crippen molar-refractivity contribution in [2.75, 3.05) is 5.75 Å². The van der Waals surface area contributed by atoms with E-state index in [1.54, 1.807) is 0 Å². The van der Waals surface area contributed by atoms with Crippen LogP contribution in [0, 0.1) is 16.8 Å². The van der Waals surface area contributed by atoms with Crippen LogP contribution in [0.1, 0.15) is 6.92 Å². The lowest BCUT2D eigenvalue weighted by atomic mass is 10.3. The van der Waals surface area contributed by atoms with Crippen molar-refractivity contribution in [1.82, 2.24) is 4.98 Å². The third-order valence-electron chi connectivity index (χ3n) is 2.72. The maximum absolute atomic E-state index is 13.6. The van der Waals surface area contributed by atoms with E-state index in [4.69, 9.17) is 10.6 Å². The van der Waals surface area contributed by atoms with Crippen LogP contribution in [0.4, 0.5) is 10.1 Å². The molecule has 0 spiro atoms. The van der Waals surface area contributed by atoms with Crippen LogP contribution >= 0.6 is 0 Å². The van der Waals surface area contributed by atoms with Crippen LogP contribution in [-0.2, 0) is 9.84 Å². The number of aromatic nitrogens is 1. The van der Waals surface area contributed by atoms with Crippen LogP contribution < -0.4 is 10.6 Å². The van der Waals surface area contributed by atoms with Crippen LogP contribution in [0.5, 0.6) is 11.5 Å². The van der Waals surface area contributed by atoms with Gasteiger partial charge in [-0.3, -0.25) is 0 Å². The molecular weight excluding hydrogens is 313 g/mol. The van der Waals surface area contributed by atoms with Gasteiger partial charge in [-0.05, 0) is 18.2 Å². The molecule has 0 atom stereocenters. The van der Waals surface area contributed by atoms with Crippen molar-refractivity contribution in [2.24, 2.45) is 5.84 Å². The lowest BCUT2D eigenvalue weighted by Gasteiger charge is -2.06. The van der Waals surface area contributed by atoms with E-state index in [-0.39, 0.29) is 32.8 Å². The number of benzene rings is 1. The van der Waals surface area contributed by atoms with Crippen LogP contribution in [0.2, 0.25) is 0 Å². The van der Waals surface area contributed by atoms with Gasteiger partial charge in [-0.1, -0.05) is 6.92 Å². The molecule has 1 heterocycles. The molecule has 2 N–H and O–H groups in total. The smallest absolute Gasteiger partial charge is 0.303 e. The van der Waals surface area contributed by atoms with E-state index >= 15 is 0 Å². The van der Waals surface area contributed by atoms with Gasteiger partial charge in [0.15, 0.2) is 31.3 Å². The van der Waals surface area contributed by atoms with Gasteiger partial charge in [0.1, 0.15) is 5.75 Å². The molecule has 0 unspecified atom stereocenters. The largest absolute Gasteiger partial charge is 0.452 e. The van der Waals surface area contributed by atoms with Crippen molar-refractivity contribution in [3.63, 3.8) is 0 Å². The molecule has 1 aromatic carbocycles. The van der Waals surface area contributed by atoms with Gasteiger partial charge in [-0.25, -0.2) is 17.8 Å². The van der Waals surface area contributed by atoms with E-state index < -0.39 is 15.7 Å². The zero-order valence-electron chi connectivity index (χ0n) is 11.5. The topological polar surface area (TPSA) is 102 Å². The van der Waals surface area contributed by atoms with Crippen molar-refractivity contribution in [3.05, 3.63) is 47.3 Å². The summed E-state index contributed by atoms with van der Waals surface area (Å²) in [5.74, 6) is 4.02. The number of hydrogen-bond acceptors (Lipinski definition) is 5. The molecule has 2 aromatic rings. The summed E-state index contributed by atoms with van der Waals surface area (Å²) in [5, 5.41) is -0.0994. The standard InChI is InChI=1S/C13H12FN3O4S/c1-2-22(19,20)13-6-4-10(8-16-13)21-12-7-9(17(15)18)3-5-11(12)14/h4-8H,2H2,1H3,(H2,15,18)/q+1. The molecule has 1 radical (unpaired) electrons. The van der Waals surface area contributed by atoms with Gasteiger partial charge in [-0.2, -0.15) is 5.84 Å². The maximum atomic E-state index is 13.6. The van der Waals surface area contributed by atoms with E-state index in [1.165, 1.54) is 19.1 Å². The van der Waals surface area contributed by atoms with E-state index in [0.29, 0.717) is 0 Å². The summed E-state index contributed by atoms with van der Waals surface area (Å²) in [4.78, 5) is 14.7. The summed E-state index contributed by atoms with van der Waals surface area (Å²) in [6.45, 7) is 1.50. The van der Waals surface area contributed by atoms with Crippen LogP contribution in [0.25, 0.3) is 0 Å². The molecule has 22 heavy (non-hydrogen) atoms. The van der Waals surface area contributed by atoms with E-state index in [0.717, 1.165) is 18.3 Å². The van der Waals surface area contributed by atoms with E-state index in [2.05, 4.69) is 11.1 Å². The molecule has 0 saturated carbocycles. The molecule has 0 aliphatic heterocycles. The number of hydrogen-bond donors (Lipinski definition) is 1. The molecule has 7 nitrogen and oxygen atoms in total. The highest BCUT2D eigenvalue weighted by molar-refractivity contribution is 7.91. The number of sulfone groups is 1. The fourth-order valence-electron chi connectivity index (χ4n) is 1.53. The zero-order valence-corrected chi connectivity index (χ0v) is 12.3. The number of halogens is 1. The zero-order chi connectivity index (χ0) is 16.3. The molecule has 1 aromatic heterocycles. The molecule has 115 valence electrons. The Balaban J connectivity index is 2.28. The third kappa shape index (κ3) is 3.37. The van der Waals surface area contributed by atoms with Crippen LogP contribution in [0.3, 0.4) is 0 Å². The number of ether oxygens (including phenoxy) is 1. The fraction of sp³-hybridized carbons (Fsp3) is 0.154. The summed E-state index contributed by atoms with van der Waals surface area (Å²) in [6, 6.07) is 6.91. The fourth-order valence-corrected chi connectivity index (χ4v) is 2.32. The van der Waals surface area contributed by atoms with Gasteiger partial charge in [0, 0.05) is 0 Å². The Morgan fingerprint density at radius 2 is 2.18 bits per heavy atom. The van der Waals surface area contributed by atoms with Gasteiger partial charge in [-0.15, -0.1) is 0 Å². The maximum Gasteiger partial charge on any atom is 0.303 e. The van der Waals surface area contributed by atoms with Crippen molar-refractivity contribution < 1.29 is 22.4 Å². The molecule has 0 amide bonds. The predicted octanol–water partition coefficient (Wildman–Crippen LogP) is 1.89. The van der Waals surface area contributed by atoms with E-state index in [1.807, 2.05) is 0 Å². The van der Waals surface area contributed by atoms with Gasteiger partial charge in [0.2, 0.25) is 0 Å². The quantitative estimate of drug-likeness (QED) is 0.511. The molecule has 2 rings (SSSR count). The second-order valence-electron chi connectivity index (χ2n) is 4.19. The van der Waals surface area contributed by atoms with Crippen LogP contribution in [0.15, 0.2) is 35.5 Å². The molecular formula is C13H12FN3O4S+. The number of nitroso groups, excluding NO2 is 1. The lowest BCUT2D eigenvalue weighted by Crippen LogP contribution is -2.09. The second-order valence-corrected chi connectivity index (χ2v) is 6.42. The summed E-state index contributed by atoms with van der Waals surface area (Å²) in [6.07, 6.45) is 1.15. The molecule has 0 aliphatic carbocycles. The lowest BCUT2D eigenvalue weighted by molar-refractivity contribution is -0.475. The Morgan fingerprint density at radius 3 is 2.73 bits per heavy atom. The Bertz CT molecular complexity index is 807. The average Bonchev–Trinajstić information content (AvgIpc) is 2.50. The number of nitrogens with two attached hydrogens (primary N) is 1. The van der Waals surface area contributed by atoms with Crippen molar-refractivity contribution in [2.45, 2.75) is 11.9 Å². The summed E-state index contributed by atoms with van der Waals surface area (Å²) < 4.78 is 42.1. The first kappa shape index (κ1) is 15.8. The first-order chi connectivity index (χ1) is 10.3. The van der Waals surface area contributed by atoms with Gasteiger partial charge < -0.3 is 4.74 Å². The highest BCUT2D eigenvalue weighted by Crippen LogP contribution is 2.27. The molecule has 0 bridgehead atoms. The molecule has 9 heteroatoms. The Hall–Kier alpha value is -2.55. The third-order valence-corrected chi connectivity index (χ3v) is 4.36. The monoisotopic (exact) mass is 325 g/mol. The summed E-state index contributed by atoms with van der Waals surface area (Å²) in [7, 11) is -3.42. The normalized spacial score (nSPS) is 11.2. The minimum atomic E-state index is -3.42. The predicted molar refractivity (Wildman–Crippen MR) is 74.7 cm³/mol. The summed E-state index contributed by atoms with van der Waals surface area (Å²) in [5.41, 5.74) is -0.116. The minimum Gasteiger partial charge on any atom is -0.452 e. The van der Waals surface area contributed by atoms with Crippen molar-refractivity contribution in [3.8, 4) is 11.5 Å². The highest BCUT2D eigenvalue weighted by atomic mass is 32.2. The number of hydrazine groups is 1. The Kier molecular flexibility index (Phi) is 4.36. The Labute approximate surface area is 126 Å². The van der Waals surface area contributed by atoms with Crippen LogP contribution in [-0.4, -0.2) is 24.0 Å². The van der Waals surface area contributed by atoms with E-state index in [9.17, 15) is 17.7 Å².